The lowest BCUT2D eigenvalue weighted by molar-refractivity contribution is -0.120. The SMILES string of the molecule is Cc1ccc(N(C(=O)Cn2cc(Cl)cn2)C2CCOCC2)cc1C. The first-order valence-electron chi connectivity index (χ1n) is 8.19. The van der Waals surface area contributed by atoms with Gasteiger partial charge < -0.3 is 9.64 Å². The molecule has 0 unspecified atom stereocenters. The van der Waals surface area contributed by atoms with Crippen LogP contribution in [0.3, 0.4) is 0 Å². The summed E-state index contributed by atoms with van der Waals surface area (Å²) in [6.07, 6.45) is 4.91. The highest BCUT2D eigenvalue weighted by molar-refractivity contribution is 6.30. The Hall–Kier alpha value is -1.85. The highest BCUT2D eigenvalue weighted by Gasteiger charge is 2.27. The monoisotopic (exact) mass is 347 g/mol. The zero-order chi connectivity index (χ0) is 17.1. The van der Waals surface area contributed by atoms with Gasteiger partial charge in [-0.2, -0.15) is 5.10 Å². The summed E-state index contributed by atoms with van der Waals surface area (Å²) in [6.45, 7) is 5.70. The molecule has 0 N–H and O–H groups in total. The predicted octanol–water partition coefficient (Wildman–Crippen LogP) is 3.37. The zero-order valence-electron chi connectivity index (χ0n) is 14.0. The first-order valence-corrected chi connectivity index (χ1v) is 8.57. The average molecular weight is 348 g/mol. The van der Waals surface area contributed by atoms with Crippen molar-refractivity contribution in [2.75, 3.05) is 18.1 Å². The van der Waals surface area contributed by atoms with Gasteiger partial charge in [0.25, 0.3) is 0 Å². The average Bonchev–Trinajstić information content (AvgIpc) is 2.97. The molecule has 1 saturated heterocycles. The van der Waals surface area contributed by atoms with Gasteiger partial charge in [-0.25, -0.2) is 0 Å². The van der Waals surface area contributed by atoms with Crippen LogP contribution in [0, 0.1) is 13.8 Å². The minimum Gasteiger partial charge on any atom is -0.381 e. The molecular formula is C18H22ClN3O2. The van der Waals surface area contributed by atoms with E-state index in [4.69, 9.17) is 16.3 Å². The van der Waals surface area contributed by atoms with E-state index in [0.29, 0.717) is 18.2 Å². The lowest BCUT2D eigenvalue weighted by atomic mass is 10.0. The van der Waals surface area contributed by atoms with Gasteiger partial charge in [0.15, 0.2) is 0 Å². The molecule has 1 fully saturated rings. The number of carbonyl (C=O) groups excluding carboxylic acids is 1. The molecule has 3 rings (SSSR count). The minimum absolute atomic E-state index is 0.0184. The van der Waals surface area contributed by atoms with E-state index in [1.165, 1.54) is 11.1 Å². The second kappa shape index (κ2) is 7.36. The van der Waals surface area contributed by atoms with E-state index < -0.39 is 0 Å². The Morgan fingerprint density at radius 1 is 1.33 bits per heavy atom. The third-order valence-electron chi connectivity index (χ3n) is 4.49. The molecule has 2 heterocycles. The number of benzene rings is 1. The summed E-state index contributed by atoms with van der Waals surface area (Å²) in [4.78, 5) is 14.9. The number of amides is 1. The van der Waals surface area contributed by atoms with Crippen LogP contribution in [0.25, 0.3) is 0 Å². The van der Waals surface area contributed by atoms with Gasteiger partial charge in [-0.3, -0.25) is 9.48 Å². The standard InChI is InChI=1S/C18H22ClN3O2/c1-13-3-4-17(9-14(13)2)22(16-5-7-24-8-6-16)18(23)12-21-11-15(19)10-20-21/h3-4,9-11,16H,5-8,12H2,1-2H3. The highest BCUT2D eigenvalue weighted by atomic mass is 35.5. The van der Waals surface area contributed by atoms with Gasteiger partial charge in [-0.05, 0) is 49.9 Å². The fraction of sp³-hybridized carbons (Fsp3) is 0.444. The van der Waals surface area contributed by atoms with Gasteiger partial charge in [-0.15, -0.1) is 0 Å². The molecule has 2 aromatic rings. The number of ether oxygens (including phenoxy) is 1. The van der Waals surface area contributed by atoms with E-state index in [-0.39, 0.29) is 18.5 Å². The number of halogens is 1. The van der Waals surface area contributed by atoms with E-state index in [9.17, 15) is 4.79 Å². The molecule has 24 heavy (non-hydrogen) atoms. The van der Waals surface area contributed by atoms with E-state index in [1.807, 2.05) is 11.0 Å². The van der Waals surface area contributed by atoms with Gasteiger partial charge in [-0.1, -0.05) is 17.7 Å². The molecular weight excluding hydrogens is 326 g/mol. The molecule has 6 heteroatoms. The van der Waals surface area contributed by atoms with Crippen molar-refractivity contribution in [3.8, 4) is 0 Å². The van der Waals surface area contributed by atoms with Crippen molar-refractivity contribution in [3.63, 3.8) is 0 Å². The number of anilines is 1. The molecule has 0 saturated carbocycles. The third kappa shape index (κ3) is 3.79. The molecule has 128 valence electrons. The molecule has 1 aliphatic heterocycles. The van der Waals surface area contributed by atoms with Crippen LogP contribution in [0.4, 0.5) is 5.69 Å². The quantitative estimate of drug-likeness (QED) is 0.852. The normalized spacial score (nSPS) is 15.5. The second-order valence-electron chi connectivity index (χ2n) is 6.23. The maximum absolute atomic E-state index is 13.0. The summed E-state index contributed by atoms with van der Waals surface area (Å²) in [7, 11) is 0. The van der Waals surface area contributed by atoms with Crippen molar-refractivity contribution >= 4 is 23.2 Å². The molecule has 1 amide bonds. The number of aryl methyl sites for hydroxylation is 2. The van der Waals surface area contributed by atoms with Crippen LogP contribution in [0.1, 0.15) is 24.0 Å². The van der Waals surface area contributed by atoms with Crippen LogP contribution in [0.2, 0.25) is 5.02 Å². The minimum atomic E-state index is 0.0184. The van der Waals surface area contributed by atoms with Gasteiger partial charge >= 0.3 is 0 Å². The molecule has 1 aromatic heterocycles. The Morgan fingerprint density at radius 2 is 2.08 bits per heavy atom. The first kappa shape index (κ1) is 17.0. The van der Waals surface area contributed by atoms with Crippen molar-refractivity contribution in [2.45, 2.75) is 39.3 Å². The summed E-state index contributed by atoms with van der Waals surface area (Å²) < 4.78 is 7.04. The van der Waals surface area contributed by atoms with E-state index in [1.54, 1.807) is 17.1 Å². The van der Waals surface area contributed by atoms with Gasteiger partial charge in [0.2, 0.25) is 5.91 Å². The van der Waals surface area contributed by atoms with E-state index >= 15 is 0 Å². The summed E-state index contributed by atoms with van der Waals surface area (Å²) >= 11 is 5.90. The van der Waals surface area contributed by atoms with Crippen LogP contribution in [0.15, 0.2) is 30.6 Å². The Morgan fingerprint density at radius 3 is 2.71 bits per heavy atom. The lowest BCUT2D eigenvalue weighted by Crippen LogP contribution is -2.45. The number of hydrogen-bond donors (Lipinski definition) is 0. The second-order valence-corrected chi connectivity index (χ2v) is 6.67. The van der Waals surface area contributed by atoms with Crippen molar-refractivity contribution < 1.29 is 9.53 Å². The van der Waals surface area contributed by atoms with Crippen LogP contribution in [-0.4, -0.2) is 34.9 Å². The number of nitrogens with zero attached hydrogens (tertiary/aromatic N) is 3. The number of carbonyl (C=O) groups is 1. The molecule has 0 spiro atoms. The van der Waals surface area contributed by atoms with Crippen molar-refractivity contribution in [1.29, 1.82) is 0 Å². The number of aromatic nitrogens is 2. The Balaban J connectivity index is 1.88. The molecule has 0 radical (unpaired) electrons. The van der Waals surface area contributed by atoms with Crippen LogP contribution < -0.4 is 4.90 Å². The number of rotatable bonds is 4. The molecule has 5 nitrogen and oxygen atoms in total. The van der Waals surface area contributed by atoms with Gasteiger partial charge in [0.1, 0.15) is 6.54 Å². The molecule has 1 aromatic carbocycles. The summed E-state index contributed by atoms with van der Waals surface area (Å²) in [6, 6.07) is 6.32. The molecule has 1 aliphatic rings. The van der Waals surface area contributed by atoms with Crippen molar-refractivity contribution in [3.05, 3.63) is 46.7 Å². The van der Waals surface area contributed by atoms with E-state index in [2.05, 4.69) is 31.1 Å². The lowest BCUT2D eigenvalue weighted by Gasteiger charge is -2.34. The largest absolute Gasteiger partial charge is 0.381 e. The van der Waals surface area contributed by atoms with Gasteiger partial charge in [0, 0.05) is 31.1 Å². The first-order chi connectivity index (χ1) is 11.5. The third-order valence-corrected chi connectivity index (χ3v) is 4.69. The topological polar surface area (TPSA) is 47.4 Å². The van der Waals surface area contributed by atoms with Crippen LogP contribution >= 0.6 is 11.6 Å². The number of hydrogen-bond acceptors (Lipinski definition) is 3. The van der Waals surface area contributed by atoms with Crippen molar-refractivity contribution in [1.82, 2.24) is 9.78 Å². The summed E-state index contributed by atoms with van der Waals surface area (Å²) in [5.41, 5.74) is 3.34. The fourth-order valence-corrected chi connectivity index (χ4v) is 3.17. The van der Waals surface area contributed by atoms with Crippen LogP contribution in [0.5, 0.6) is 0 Å². The van der Waals surface area contributed by atoms with E-state index in [0.717, 1.165) is 18.5 Å². The van der Waals surface area contributed by atoms with Gasteiger partial charge in [0.05, 0.1) is 11.2 Å². The fourth-order valence-electron chi connectivity index (χ4n) is 3.02. The highest BCUT2D eigenvalue weighted by Crippen LogP contribution is 2.26. The molecule has 0 aliphatic carbocycles. The molecule has 0 atom stereocenters. The van der Waals surface area contributed by atoms with Crippen molar-refractivity contribution in [2.24, 2.45) is 0 Å². The smallest absolute Gasteiger partial charge is 0.248 e. The Kier molecular flexibility index (Phi) is 5.21. The molecule has 0 bridgehead atoms. The maximum Gasteiger partial charge on any atom is 0.248 e. The summed E-state index contributed by atoms with van der Waals surface area (Å²) in [5.74, 6) is 0.0184. The maximum atomic E-state index is 13.0. The Bertz CT molecular complexity index is 723. The summed E-state index contributed by atoms with van der Waals surface area (Å²) in [5, 5.41) is 4.66. The predicted molar refractivity (Wildman–Crippen MR) is 94.5 cm³/mol. The Labute approximate surface area is 147 Å². The van der Waals surface area contributed by atoms with Crippen LogP contribution in [-0.2, 0) is 16.1 Å². The zero-order valence-corrected chi connectivity index (χ0v) is 14.8.